The van der Waals surface area contributed by atoms with E-state index in [0.717, 1.165) is 0 Å². The maximum Gasteiger partial charge on any atom is 0.326 e. The Morgan fingerprint density at radius 2 is 1.49 bits per heavy atom. The first kappa shape index (κ1) is 27.3. The second-order valence-corrected chi connectivity index (χ2v) is 8.48. The van der Waals surface area contributed by atoms with E-state index in [-0.39, 0.29) is 12.2 Å². The predicted octanol–water partition coefficient (Wildman–Crippen LogP) is 2.28. The van der Waals surface area contributed by atoms with Crippen LogP contribution in [-0.2, 0) is 19.2 Å². The van der Waals surface area contributed by atoms with Crippen molar-refractivity contribution < 1.29 is 38.9 Å². The molecule has 10 nitrogen and oxygen atoms in total. The van der Waals surface area contributed by atoms with Gasteiger partial charge in [-0.3, -0.25) is 19.2 Å². The third-order valence-electron chi connectivity index (χ3n) is 4.83. The number of amides is 2. The summed E-state index contributed by atoms with van der Waals surface area (Å²) < 4.78 is 5.70. The molecule has 2 rings (SSSR count). The third kappa shape index (κ3) is 8.42. The standard InChI is InChI=1S/C24H25ClN2O8/c1-24(2,23(34)26-13-19(28)27-18(22(32)33)11-12-20(29)30)35-17-9-5-15(6-10-17)21(31)14-3-7-16(25)8-4-14/h3-10,18H,11-13H2,1-2H3,(H,26,34)(H,27,28)(H,29,30)(H,32,33). The van der Waals surface area contributed by atoms with Crippen LogP contribution in [0.3, 0.4) is 0 Å². The number of hydrogen-bond donors (Lipinski definition) is 4. The van der Waals surface area contributed by atoms with Crippen molar-refractivity contribution in [1.29, 1.82) is 0 Å². The number of carbonyl (C=O) groups excluding carboxylic acids is 3. The molecule has 0 fully saturated rings. The largest absolute Gasteiger partial charge is 0.481 e. The van der Waals surface area contributed by atoms with Gasteiger partial charge in [0.25, 0.3) is 5.91 Å². The lowest BCUT2D eigenvalue weighted by Crippen LogP contribution is -2.51. The Hall–Kier alpha value is -3.92. The predicted molar refractivity (Wildman–Crippen MR) is 125 cm³/mol. The number of halogens is 1. The second-order valence-electron chi connectivity index (χ2n) is 8.05. The maximum absolute atomic E-state index is 12.6. The quantitative estimate of drug-likeness (QED) is 0.320. The summed E-state index contributed by atoms with van der Waals surface area (Å²) in [5, 5.41) is 22.8. The highest BCUT2D eigenvalue weighted by Gasteiger charge is 2.30. The molecule has 1 unspecified atom stereocenters. The summed E-state index contributed by atoms with van der Waals surface area (Å²) in [6.45, 7) is 2.41. The molecule has 2 amide bonds. The number of ketones is 1. The van der Waals surface area contributed by atoms with Crippen LogP contribution in [0.4, 0.5) is 0 Å². The topological polar surface area (TPSA) is 159 Å². The molecule has 0 saturated carbocycles. The second kappa shape index (κ2) is 12.0. The summed E-state index contributed by atoms with van der Waals surface area (Å²) >= 11 is 5.84. The van der Waals surface area contributed by atoms with Gasteiger partial charge in [-0.25, -0.2) is 4.79 Å². The number of carbonyl (C=O) groups is 5. The Morgan fingerprint density at radius 1 is 0.943 bits per heavy atom. The number of carboxylic acids is 2. The van der Waals surface area contributed by atoms with Gasteiger partial charge in [0.2, 0.25) is 5.91 Å². The zero-order valence-corrected chi connectivity index (χ0v) is 19.8. The minimum Gasteiger partial charge on any atom is -0.481 e. The number of aliphatic carboxylic acids is 2. The summed E-state index contributed by atoms with van der Waals surface area (Å²) in [5.41, 5.74) is -0.527. The summed E-state index contributed by atoms with van der Waals surface area (Å²) in [6, 6.07) is 11.2. The molecule has 0 saturated heterocycles. The van der Waals surface area contributed by atoms with Crippen molar-refractivity contribution in [3.8, 4) is 5.75 Å². The molecule has 35 heavy (non-hydrogen) atoms. The fraction of sp³-hybridized carbons (Fsp3) is 0.292. The Morgan fingerprint density at radius 3 is 2.00 bits per heavy atom. The van der Waals surface area contributed by atoms with Crippen molar-refractivity contribution in [2.24, 2.45) is 0 Å². The van der Waals surface area contributed by atoms with Crippen molar-refractivity contribution in [1.82, 2.24) is 10.6 Å². The van der Waals surface area contributed by atoms with Crippen LogP contribution >= 0.6 is 11.6 Å². The average molecular weight is 505 g/mol. The molecule has 0 aliphatic rings. The zero-order chi connectivity index (χ0) is 26.2. The maximum atomic E-state index is 12.6. The Kier molecular flexibility index (Phi) is 9.35. The molecular weight excluding hydrogens is 480 g/mol. The highest BCUT2D eigenvalue weighted by Crippen LogP contribution is 2.21. The molecule has 4 N–H and O–H groups in total. The van der Waals surface area contributed by atoms with Crippen LogP contribution < -0.4 is 15.4 Å². The number of benzene rings is 2. The molecule has 0 spiro atoms. The van der Waals surface area contributed by atoms with E-state index in [1.165, 1.54) is 26.0 Å². The fourth-order valence-electron chi connectivity index (χ4n) is 2.93. The average Bonchev–Trinajstić information content (AvgIpc) is 2.80. The lowest BCUT2D eigenvalue weighted by atomic mass is 10.0. The van der Waals surface area contributed by atoms with Crippen LogP contribution in [0.2, 0.25) is 5.02 Å². The van der Waals surface area contributed by atoms with E-state index in [0.29, 0.717) is 21.9 Å². The first-order valence-electron chi connectivity index (χ1n) is 10.5. The van der Waals surface area contributed by atoms with E-state index < -0.39 is 48.4 Å². The summed E-state index contributed by atoms with van der Waals surface area (Å²) in [6.07, 6.45) is -0.732. The molecule has 2 aromatic rings. The monoisotopic (exact) mass is 504 g/mol. The van der Waals surface area contributed by atoms with Crippen LogP contribution in [-0.4, -0.2) is 57.9 Å². The molecule has 11 heteroatoms. The number of rotatable bonds is 12. The first-order valence-corrected chi connectivity index (χ1v) is 10.9. The molecule has 0 aromatic heterocycles. The minimum atomic E-state index is -1.41. The van der Waals surface area contributed by atoms with Crippen LogP contribution in [0.25, 0.3) is 0 Å². The van der Waals surface area contributed by atoms with Crippen molar-refractivity contribution in [3.63, 3.8) is 0 Å². The molecule has 0 aliphatic carbocycles. The van der Waals surface area contributed by atoms with Crippen molar-refractivity contribution in [2.45, 2.75) is 38.3 Å². The highest BCUT2D eigenvalue weighted by atomic mass is 35.5. The molecule has 0 aliphatic heterocycles. The van der Waals surface area contributed by atoms with Gasteiger partial charge >= 0.3 is 11.9 Å². The zero-order valence-electron chi connectivity index (χ0n) is 19.0. The normalized spacial score (nSPS) is 11.7. The number of nitrogens with one attached hydrogen (secondary N) is 2. The smallest absolute Gasteiger partial charge is 0.326 e. The SMILES string of the molecule is CC(C)(Oc1ccc(C(=O)c2ccc(Cl)cc2)cc1)C(=O)NCC(=O)NC(CCC(=O)O)C(=O)O. The van der Waals surface area contributed by atoms with E-state index in [1.54, 1.807) is 36.4 Å². The van der Waals surface area contributed by atoms with Gasteiger partial charge < -0.3 is 25.6 Å². The molecule has 0 radical (unpaired) electrons. The molecular formula is C24H25ClN2O8. The highest BCUT2D eigenvalue weighted by molar-refractivity contribution is 6.30. The van der Waals surface area contributed by atoms with Crippen LogP contribution in [0.15, 0.2) is 48.5 Å². The van der Waals surface area contributed by atoms with Crippen molar-refractivity contribution in [3.05, 3.63) is 64.7 Å². The van der Waals surface area contributed by atoms with Gasteiger partial charge in [0.1, 0.15) is 11.8 Å². The van der Waals surface area contributed by atoms with Crippen LogP contribution in [0, 0.1) is 0 Å². The van der Waals surface area contributed by atoms with E-state index in [4.69, 9.17) is 26.6 Å². The summed E-state index contributed by atoms with van der Waals surface area (Å²) in [5.74, 6) is -3.92. The van der Waals surface area contributed by atoms with Gasteiger partial charge in [0.15, 0.2) is 11.4 Å². The van der Waals surface area contributed by atoms with Crippen LogP contribution in [0.5, 0.6) is 5.75 Å². The lowest BCUT2D eigenvalue weighted by Gasteiger charge is -2.25. The summed E-state index contributed by atoms with van der Waals surface area (Å²) in [4.78, 5) is 58.9. The van der Waals surface area contributed by atoms with E-state index in [1.807, 2.05) is 0 Å². The van der Waals surface area contributed by atoms with E-state index in [2.05, 4.69) is 10.6 Å². The first-order chi connectivity index (χ1) is 16.4. The molecule has 186 valence electrons. The fourth-order valence-corrected chi connectivity index (χ4v) is 3.05. The van der Waals surface area contributed by atoms with Crippen molar-refractivity contribution >= 4 is 41.1 Å². The number of ether oxygens (including phenoxy) is 1. The van der Waals surface area contributed by atoms with E-state index in [9.17, 15) is 24.0 Å². The lowest BCUT2D eigenvalue weighted by molar-refractivity contribution is -0.143. The minimum absolute atomic E-state index is 0.209. The van der Waals surface area contributed by atoms with Gasteiger partial charge in [-0.2, -0.15) is 0 Å². The number of hydrogen-bond acceptors (Lipinski definition) is 6. The Balaban J connectivity index is 1.92. The van der Waals surface area contributed by atoms with Gasteiger partial charge in [0, 0.05) is 22.6 Å². The van der Waals surface area contributed by atoms with Gasteiger partial charge in [-0.15, -0.1) is 0 Å². The molecule has 2 aromatic carbocycles. The van der Waals surface area contributed by atoms with Crippen LogP contribution in [0.1, 0.15) is 42.6 Å². The molecule has 0 bridgehead atoms. The number of carboxylic acid groups (broad SMARTS) is 2. The van der Waals surface area contributed by atoms with Gasteiger partial charge in [-0.1, -0.05) is 11.6 Å². The van der Waals surface area contributed by atoms with Gasteiger partial charge in [0.05, 0.1) is 6.54 Å². The molecule has 1 atom stereocenters. The van der Waals surface area contributed by atoms with E-state index >= 15 is 0 Å². The molecule has 0 heterocycles. The Bertz CT molecular complexity index is 1100. The third-order valence-corrected chi connectivity index (χ3v) is 5.08. The Labute approximate surface area is 206 Å². The van der Waals surface area contributed by atoms with Crippen molar-refractivity contribution in [2.75, 3.05) is 6.54 Å². The summed E-state index contributed by atoms with van der Waals surface area (Å²) in [7, 11) is 0. The van der Waals surface area contributed by atoms with Gasteiger partial charge in [-0.05, 0) is 68.8 Å².